The van der Waals surface area contributed by atoms with E-state index >= 15 is 0 Å². The Morgan fingerprint density at radius 2 is 1.83 bits per heavy atom. The number of imide groups is 1. The van der Waals surface area contributed by atoms with Gasteiger partial charge in [0.1, 0.15) is 4.88 Å². The molecule has 0 saturated heterocycles. The molecule has 1 aromatic heterocycles. The van der Waals surface area contributed by atoms with Crippen LogP contribution in [0.25, 0.3) is 0 Å². The van der Waals surface area contributed by atoms with Gasteiger partial charge in [0.2, 0.25) is 6.10 Å². The topological polar surface area (TPSA) is 84.5 Å². The molecule has 1 heterocycles. The van der Waals surface area contributed by atoms with Crippen LogP contribution < -0.4 is 10.6 Å². The third-order valence-corrected chi connectivity index (χ3v) is 4.01. The Hall–Kier alpha value is -2.38. The SMILES string of the molecule is CNC(=O)NC(=O)[C@H](OC(=O)c1ccc(Cl)s1)c1ccccc1. The molecular formula is C15H13ClN2O4S. The largest absolute Gasteiger partial charge is 0.443 e. The normalized spacial score (nSPS) is 11.4. The van der Waals surface area contributed by atoms with E-state index in [2.05, 4.69) is 10.6 Å². The minimum atomic E-state index is -1.25. The summed E-state index contributed by atoms with van der Waals surface area (Å²) in [6.07, 6.45) is -1.25. The molecule has 0 bridgehead atoms. The monoisotopic (exact) mass is 352 g/mol. The molecule has 0 aliphatic heterocycles. The zero-order valence-corrected chi connectivity index (χ0v) is 13.6. The number of carbonyl (C=O) groups excluding carboxylic acids is 3. The summed E-state index contributed by atoms with van der Waals surface area (Å²) >= 11 is 6.83. The van der Waals surface area contributed by atoms with Crippen LogP contribution in [-0.2, 0) is 9.53 Å². The molecule has 3 amide bonds. The molecule has 8 heteroatoms. The number of carbonyl (C=O) groups is 3. The summed E-state index contributed by atoms with van der Waals surface area (Å²) in [7, 11) is 1.37. The minimum Gasteiger partial charge on any atom is -0.443 e. The molecule has 0 aliphatic rings. The summed E-state index contributed by atoms with van der Waals surface area (Å²) in [6.45, 7) is 0. The average Bonchev–Trinajstić information content (AvgIpc) is 2.99. The van der Waals surface area contributed by atoms with Crippen molar-refractivity contribution < 1.29 is 19.1 Å². The molecular weight excluding hydrogens is 340 g/mol. The number of hydrogen-bond donors (Lipinski definition) is 2. The lowest BCUT2D eigenvalue weighted by Gasteiger charge is -2.17. The second-order valence-corrected chi connectivity index (χ2v) is 6.08. The number of hydrogen-bond acceptors (Lipinski definition) is 5. The van der Waals surface area contributed by atoms with Gasteiger partial charge in [0.25, 0.3) is 5.91 Å². The highest BCUT2D eigenvalue weighted by atomic mass is 35.5. The summed E-state index contributed by atoms with van der Waals surface area (Å²) in [6, 6.07) is 10.8. The van der Waals surface area contributed by atoms with Crippen LogP contribution in [0.4, 0.5) is 4.79 Å². The first-order chi connectivity index (χ1) is 11.0. The van der Waals surface area contributed by atoms with Gasteiger partial charge in [0.05, 0.1) is 4.34 Å². The number of urea groups is 1. The third kappa shape index (κ3) is 4.54. The smallest absolute Gasteiger partial charge is 0.349 e. The van der Waals surface area contributed by atoms with Crippen molar-refractivity contribution >= 4 is 40.8 Å². The number of ether oxygens (including phenoxy) is 1. The number of esters is 1. The van der Waals surface area contributed by atoms with Crippen LogP contribution in [0.3, 0.4) is 0 Å². The summed E-state index contributed by atoms with van der Waals surface area (Å²) in [5, 5.41) is 4.37. The molecule has 0 unspecified atom stereocenters. The fourth-order valence-electron chi connectivity index (χ4n) is 1.73. The molecule has 0 fully saturated rings. The molecule has 1 atom stereocenters. The maximum Gasteiger partial charge on any atom is 0.349 e. The Balaban J connectivity index is 2.21. The predicted molar refractivity (Wildman–Crippen MR) is 86.5 cm³/mol. The quantitative estimate of drug-likeness (QED) is 0.829. The molecule has 1 aromatic carbocycles. The van der Waals surface area contributed by atoms with Gasteiger partial charge in [0.15, 0.2) is 0 Å². The van der Waals surface area contributed by atoms with Crippen molar-refractivity contribution in [3.8, 4) is 0 Å². The summed E-state index contributed by atoms with van der Waals surface area (Å²) in [5.74, 6) is -1.44. The second-order valence-electron chi connectivity index (χ2n) is 4.37. The average molecular weight is 353 g/mol. The van der Waals surface area contributed by atoms with E-state index in [4.69, 9.17) is 16.3 Å². The Morgan fingerprint density at radius 3 is 2.39 bits per heavy atom. The van der Waals surface area contributed by atoms with Crippen molar-refractivity contribution in [3.63, 3.8) is 0 Å². The molecule has 0 spiro atoms. The number of benzene rings is 1. The first-order valence-electron chi connectivity index (χ1n) is 6.55. The van der Waals surface area contributed by atoms with Crippen LogP contribution in [-0.4, -0.2) is 25.0 Å². The number of halogens is 1. The van der Waals surface area contributed by atoms with Gasteiger partial charge in [-0.25, -0.2) is 9.59 Å². The van der Waals surface area contributed by atoms with Gasteiger partial charge in [-0.2, -0.15) is 0 Å². The van der Waals surface area contributed by atoms with Crippen molar-refractivity contribution in [2.24, 2.45) is 0 Å². The van der Waals surface area contributed by atoms with Crippen molar-refractivity contribution in [2.45, 2.75) is 6.10 Å². The van der Waals surface area contributed by atoms with Crippen molar-refractivity contribution in [3.05, 3.63) is 57.2 Å². The van der Waals surface area contributed by atoms with Gasteiger partial charge in [-0.3, -0.25) is 10.1 Å². The molecule has 23 heavy (non-hydrogen) atoms. The van der Waals surface area contributed by atoms with Crippen molar-refractivity contribution in [2.75, 3.05) is 7.05 Å². The number of amides is 3. The first-order valence-corrected chi connectivity index (χ1v) is 7.74. The highest BCUT2D eigenvalue weighted by molar-refractivity contribution is 7.17. The van der Waals surface area contributed by atoms with E-state index in [0.29, 0.717) is 9.90 Å². The van der Waals surface area contributed by atoms with Gasteiger partial charge < -0.3 is 10.1 Å². The highest BCUT2D eigenvalue weighted by Gasteiger charge is 2.27. The fourth-order valence-corrected chi connectivity index (χ4v) is 2.66. The molecule has 0 saturated carbocycles. The maximum atomic E-state index is 12.2. The van der Waals surface area contributed by atoms with Gasteiger partial charge in [-0.15, -0.1) is 11.3 Å². The van der Waals surface area contributed by atoms with E-state index in [9.17, 15) is 14.4 Å². The van der Waals surface area contributed by atoms with Crippen LogP contribution in [0, 0.1) is 0 Å². The molecule has 2 N–H and O–H groups in total. The van der Waals surface area contributed by atoms with Crippen LogP contribution in [0.2, 0.25) is 4.34 Å². The Labute approximate surface area is 141 Å². The van der Waals surface area contributed by atoms with Crippen LogP contribution in [0.5, 0.6) is 0 Å². The number of rotatable bonds is 4. The van der Waals surface area contributed by atoms with Gasteiger partial charge in [-0.1, -0.05) is 41.9 Å². The molecule has 2 rings (SSSR count). The van der Waals surface area contributed by atoms with E-state index in [1.807, 2.05) is 0 Å². The highest BCUT2D eigenvalue weighted by Crippen LogP contribution is 2.25. The van der Waals surface area contributed by atoms with Crippen molar-refractivity contribution in [1.29, 1.82) is 0 Å². The third-order valence-electron chi connectivity index (χ3n) is 2.80. The van der Waals surface area contributed by atoms with E-state index in [1.54, 1.807) is 36.4 Å². The minimum absolute atomic E-state index is 0.267. The van der Waals surface area contributed by atoms with Gasteiger partial charge >= 0.3 is 12.0 Å². The zero-order chi connectivity index (χ0) is 16.8. The number of nitrogens with one attached hydrogen (secondary N) is 2. The Bertz CT molecular complexity index is 717. The second kappa shape index (κ2) is 7.75. The van der Waals surface area contributed by atoms with E-state index in [0.717, 1.165) is 11.3 Å². The van der Waals surface area contributed by atoms with Crippen LogP contribution in [0.15, 0.2) is 42.5 Å². The lowest BCUT2D eigenvalue weighted by Crippen LogP contribution is -2.41. The molecule has 2 aromatic rings. The first kappa shape index (κ1) is 17.0. The fraction of sp³-hybridized carbons (Fsp3) is 0.133. The zero-order valence-electron chi connectivity index (χ0n) is 12.0. The summed E-state index contributed by atoms with van der Waals surface area (Å²) in [4.78, 5) is 35.9. The Morgan fingerprint density at radius 1 is 1.13 bits per heavy atom. The molecule has 0 aliphatic carbocycles. The molecule has 120 valence electrons. The van der Waals surface area contributed by atoms with Gasteiger partial charge in [-0.05, 0) is 12.1 Å². The van der Waals surface area contributed by atoms with E-state index in [-0.39, 0.29) is 4.88 Å². The Kier molecular flexibility index (Phi) is 5.72. The molecule has 6 nitrogen and oxygen atoms in total. The van der Waals surface area contributed by atoms with E-state index in [1.165, 1.54) is 13.1 Å². The molecule has 0 radical (unpaired) electrons. The van der Waals surface area contributed by atoms with Crippen LogP contribution >= 0.6 is 22.9 Å². The predicted octanol–water partition coefficient (Wildman–Crippen LogP) is 2.76. The van der Waals surface area contributed by atoms with E-state index < -0.39 is 24.0 Å². The lowest BCUT2D eigenvalue weighted by atomic mass is 10.1. The van der Waals surface area contributed by atoms with Gasteiger partial charge in [0, 0.05) is 12.6 Å². The summed E-state index contributed by atoms with van der Waals surface area (Å²) in [5.41, 5.74) is 0.449. The number of thiophene rings is 1. The lowest BCUT2D eigenvalue weighted by molar-refractivity contribution is -0.129. The van der Waals surface area contributed by atoms with Crippen LogP contribution in [0.1, 0.15) is 21.3 Å². The standard InChI is InChI=1S/C15H13ClN2O4S/c1-17-15(21)18-13(19)12(9-5-3-2-4-6-9)22-14(20)10-7-8-11(16)23-10/h2-8,12H,1H3,(H2,17,18,19,21)/t12-/m1/s1. The van der Waals surface area contributed by atoms with Crippen molar-refractivity contribution in [1.82, 2.24) is 10.6 Å². The summed E-state index contributed by atoms with van der Waals surface area (Å²) < 4.78 is 5.70. The maximum absolute atomic E-state index is 12.2.